The van der Waals surface area contributed by atoms with Gasteiger partial charge >= 0.3 is 0 Å². The Balaban J connectivity index is 1.58. The van der Waals surface area contributed by atoms with Gasteiger partial charge in [-0.3, -0.25) is 9.59 Å². The van der Waals surface area contributed by atoms with Gasteiger partial charge < -0.3 is 14.6 Å². The molecule has 0 spiro atoms. The highest BCUT2D eigenvalue weighted by molar-refractivity contribution is 5.98. The summed E-state index contributed by atoms with van der Waals surface area (Å²) < 4.78 is 6.77. The van der Waals surface area contributed by atoms with Crippen molar-refractivity contribution in [2.24, 2.45) is 0 Å². The van der Waals surface area contributed by atoms with Crippen molar-refractivity contribution < 1.29 is 9.53 Å². The topological polar surface area (TPSA) is 80.2 Å². The Morgan fingerprint density at radius 1 is 1.23 bits per heavy atom. The number of fused-ring (bicyclic) bond motifs is 1. The van der Waals surface area contributed by atoms with E-state index in [-0.39, 0.29) is 22.9 Å². The Hall–Kier alpha value is -3.09. The number of hydrogen-bond acceptors (Lipinski definition) is 4. The summed E-state index contributed by atoms with van der Waals surface area (Å²) in [6.07, 6.45) is 1.77. The summed E-state index contributed by atoms with van der Waals surface area (Å²) in [5, 5.41) is 5.54. The quantitative estimate of drug-likeness (QED) is 0.718. The van der Waals surface area contributed by atoms with Gasteiger partial charge in [-0.15, -0.1) is 0 Å². The fourth-order valence-corrected chi connectivity index (χ4v) is 3.98. The molecule has 0 radical (unpaired) electrons. The highest BCUT2D eigenvalue weighted by atomic mass is 16.5. The summed E-state index contributed by atoms with van der Waals surface area (Å²) in [6, 6.07) is 10.9. The summed E-state index contributed by atoms with van der Waals surface area (Å²) in [5.74, 6) is 0.694. The molecule has 1 aromatic carbocycles. The third-order valence-corrected chi connectivity index (χ3v) is 5.72. The maximum atomic E-state index is 13.2. The second-order valence-corrected chi connectivity index (χ2v) is 8.92. The lowest BCUT2D eigenvalue weighted by Gasteiger charge is -2.25. The van der Waals surface area contributed by atoms with Crippen molar-refractivity contribution in [2.45, 2.75) is 51.6 Å². The van der Waals surface area contributed by atoms with Gasteiger partial charge in [-0.05, 0) is 37.1 Å². The van der Waals surface area contributed by atoms with Gasteiger partial charge in [0, 0.05) is 35.0 Å². The third kappa shape index (κ3) is 3.84. The van der Waals surface area contributed by atoms with Gasteiger partial charge in [-0.2, -0.15) is 5.10 Å². The van der Waals surface area contributed by atoms with E-state index < -0.39 is 0 Å². The standard InChI is InChI=1S/C23H28N4O3/c1-23(2,3)20-9-10-21(28)27(25-20)14-16-6-5-11-26(16)22(29)19-12-15-7-8-17(30-4)13-18(15)24-19/h7-10,12-13,16,24H,5-6,11,14H2,1-4H3. The number of amides is 1. The van der Waals surface area contributed by atoms with Crippen molar-refractivity contribution >= 4 is 16.8 Å². The highest BCUT2D eigenvalue weighted by Crippen LogP contribution is 2.25. The zero-order chi connectivity index (χ0) is 21.5. The molecule has 4 rings (SSSR count). The first-order valence-corrected chi connectivity index (χ1v) is 10.3. The van der Waals surface area contributed by atoms with Gasteiger partial charge in [0.15, 0.2) is 0 Å². The molecule has 1 aliphatic heterocycles. The number of nitrogens with one attached hydrogen (secondary N) is 1. The molecule has 7 nitrogen and oxygen atoms in total. The van der Waals surface area contributed by atoms with Crippen LogP contribution in [-0.4, -0.2) is 45.3 Å². The van der Waals surface area contributed by atoms with Gasteiger partial charge in [0.05, 0.1) is 25.4 Å². The maximum absolute atomic E-state index is 13.2. The van der Waals surface area contributed by atoms with E-state index in [9.17, 15) is 9.59 Å². The van der Waals surface area contributed by atoms with Crippen LogP contribution in [0, 0.1) is 0 Å². The number of aromatic nitrogens is 3. The molecular weight excluding hydrogens is 380 g/mol. The zero-order valence-electron chi connectivity index (χ0n) is 17.9. The summed E-state index contributed by atoms with van der Waals surface area (Å²) in [5.41, 5.74) is 1.99. The molecule has 0 saturated carbocycles. The molecule has 3 aromatic rings. The van der Waals surface area contributed by atoms with Crippen molar-refractivity contribution in [3.63, 3.8) is 0 Å². The summed E-state index contributed by atoms with van der Waals surface area (Å²) in [7, 11) is 1.62. The lowest BCUT2D eigenvalue weighted by molar-refractivity contribution is 0.0715. The van der Waals surface area contributed by atoms with Crippen LogP contribution < -0.4 is 10.3 Å². The van der Waals surface area contributed by atoms with E-state index in [0.717, 1.165) is 35.2 Å². The van der Waals surface area contributed by atoms with Crippen LogP contribution in [0.25, 0.3) is 10.9 Å². The predicted molar refractivity (Wildman–Crippen MR) is 116 cm³/mol. The molecule has 1 aliphatic rings. The van der Waals surface area contributed by atoms with Crippen LogP contribution >= 0.6 is 0 Å². The number of methoxy groups -OCH3 is 1. The smallest absolute Gasteiger partial charge is 0.270 e. The van der Waals surface area contributed by atoms with E-state index in [1.165, 1.54) is 4.68 Å². The number of likely N-dealkylation sites (tertiary alicyclic amines) is 1. The number of benzene rings is 1. The van der Waals surface area contributed by atoms with Crippen molar-refractivity contribution in [3.8, 4) is 5.75 Å². The molecule has 7 heteroatoms. The van der Waals surface area contributed by atoms with Gasteiger partial charge in [0.25, 0.3) is 11.5 Å². The van der Waals surface area contributed by atoms with Crippen LogP contribution in [0.1, 0.15) is 49.8 Å². The Labute approximate surface area is 175 Å². The molecular formula is C23H28N4O3. The minimum Gasteiger partial charge on any atom is -0.497 e. The molecule has 1 fully saturated rings. The van der Waals surface area contributed by atoms with Crippen LogP contribution in [-0.2, 0) is 12.0 Å². The zero-order valence-corrected chi connectivity index (χ0v) is 17.9. The van der Waals surface area contributed by atoms with Gasteiger partial charge in [-0.1, -0.05) is 20.8 Å². The second kappa shape index (κ2) is 7.63. The second-order valence-electron chi connectivity index (χ2n) is 8.92. The van der Waals surface area contributed by atoms with E-state index in [4.69, 9.17) is 4.74 Å². The average Bonchev–Trinajstić information content (AvgIpc) is 3.34. The van der Waals surface area contributed by atoms with Crippen molar-refractivity contribution in [1.29, 1.82) is 0 Å². The molecule has 1 amide bonds. The first-order chi connectivity index (χ1) is 14.3. The highest BCUT2D eigenvalue weighted by Gasteiger charge is 2.31. The number of nitrogens with zero attached hydrogens (tertiary/aromatic N) is 3. The summed E-state index contributed by atoms with van der Waals surface area (Å²) >= 11 is 0. The maximum Gasteiger partial charge on any atom is 0.270 e. The van der Waals surface area contributed by atoms with Crippen LogP contribution in [0.2, 0.25) is 0 Å². The van der Waals surface area contributed by atoms with E-state index in [0.29, 0.717) is 18.8 Å². The van der Waals surface area contributed by atoms with Crippen LogP contribution in [0.4, 0.5) is 0 Å². The molecule has 1 saturated heterocycles. The van der Waals surface area contributed by atoms with Crippen molar-refractivity contribution in [3.05, 3.63) is 58.1 Å². The fraction of sp³-hybridized carbons (Fsp3) is 0.435. The number of rotatable bonds is 4. The summed E-state index contributed by atoms with van der Waals surface area (Å²) in [4.78, 5) is 30.7. The lowest BCUT2D eigenvalue weighted by Crippen LogP contribution is -2.41. The number of aromatic amines is 1. The van der Waals surface area contributed by atoms with E-state index in [2.05, 4.69) is 30.9 Å². The number of carbonyl (C=O) groups excluding carboxylic acids is 1. The average molecular weight is 409 g/mol. The van der Waals surface area contributed by atoms with E-state index in [1.807, 2.05) is 29.2 Å². The minimum atomic E-state index is -0.147. The fourth-order valence-electron chi connectivity index (χ4n) is 3.98. The monoisotopic (exact) mass is 408 g/mol. The van der Waals surface area contributed by atoms with Crippen molar-refractivity contribution in [1.82, 2.24) is 19.7 Å². The molecule has 2 aromatic heterocycles. The van der Waals surface area contributed by atoms with Gasteiger partial charge in [0.2, 0.25) is 0 Å². The number of hydrogen-bond donors (Lipinski definition) is 1. The third-order valence-electron chi connectivity index (χ3n) is 5.72. The normalized spacial score (nSPS) is 16.9. The molecule has 0 aliphatic carbocycles. The molecule has 1 unspecified atom stereocenters. The predicted octanol–water partition coefficient (Wildman–Crippen LogP) is 3.34. The van der Waals surface area contributed by atoms with Crippen LogP contribution in [0.5, 0.6) is 5.75 Å². The number of carbonyl (C=O) groups is 1. The molecule has 1 atom stereocenters. The first-order valence-electron chi connectivity index (χ1n) is 10.3. The minimum absolute atomic E-state index is 0.0484. The van der Waals surface area contributed by atoms with Crippen LogP contribution in [0.3, 0.4) is 0 Å². The number of H-pyrrole nitrogens is 1. The van der Waals surface area contributed by atoms with Crippen LogP contribution in [0.15, 0.2) is 41.2 Å². The Kier molecular flexibility index (Phi) is 5.13. The molecule has 1 N–H and O–H groups in total. The van der Waals surface area contributed by atoms with E-state index >= 15 is 0 Å². The Bertz CT molecular complexity index is 1140. The summed E-state index contributed by atoms with van der Waals surface area (Å²) in [6.45, 7) is 7.29. The van der Waals surface area contributed by atoms with E-state index in [1.54, 1.807) is 19.2 Å². The Morgan fingerprint density at radius 2 is 2.03 bits per heavy atom. The molecule has 3 heterocycles. The number of ether oxygens (including phenoxy) is 1. The lowest BCUT2D eigenvalue weighted by atomic mass is 9.92. The first kappa shape index (κ1) is 20.2. The van der Waals surface area contributed by atoms with Crippen molar-refractivity contribution in [2.75, 3.05) is 13.7 Å². The SMILES string of the molecule is COc1ccc2cc(C(=O)N3CCCC3Cn3nc(C(C)(C)C)ccc3=O)[nH]c2c1. The van der Waals surface area contributed by atoms with Gasteiger partial charge in [-0.25, -0.2) is 4.68 Å². The molecule has 0 bridgehead atoms. The van der Waals surface area contributed by atoms with Gasteiger partial charge in [0.1, 0.15) is 11.4 Å². The molecule has 30 heavy (non-hydrogen) atoms. The Morgan fingerprint density at radius 3 is 2.77 bits per heavy atom. The molecule has 158 valence electrons. The largest absolute Gasteiger partial charge is 0.497 e.